The standard InChI is InChI=1S/C22H23N3O5S/c1-14-21(31-20(24-14)11-15-7-5-4-6-8-15)22(26)23-10-9-16-12-18(29-2)19(30-3)13-17(16)25(27)28/h4-8,12-13H,9-11H2,1-3H3,(H,23,26). The average molecular weight is 442 g/mol. The first kappa shape index (κ1) is 22.2. The van der Waals surface area contributed by atoms with Gasteiger partial charge in [0.2, 0.25) is 0 Å². The average Bonchev–Trinajstić information content (AvgIpc) is 3.13. The van der Waals surface area contributed by atoms with E-state index in [0.29, 0.717) is 28.3 Å². The number of rotatable bonds is 9. The number of aryl methyl sites for hydroxylation is 1. The lowest BCUT2D eigenvalue weighted by Gasteiger charge is -2.11. The second-order valence-electron chi connectivity index (χ2n) is 6.78. The fourth-order valence-electron chi connectivity index (χ4n) is 3.18. The molecule has 2 aromatic carbocycles. The minimum absolute atomic E-state index is 0.0778. The summed E-state index contributed by atoms with van der Waals surface area (Å²) in [6.07, 6.45) is 0.939. The zero-order valence-corrected chi connectivity index (χ0v) is 18.3. The van der Waals surface area contributed by atoms with E-state index in [0.717, 1.165) is 10.6 Å². The maximum absolute atomic E-state index is 12.6. The molecule has 1 amide bonds. The van der Waals surface area contributed by atoms with Gasteiger partial charge < -0.3 is 14.8 Å². The number of methoxy groups -OCH3 is 2. The lowest BCUT2D eigenvalue weighted by atomic mass is 10.1. The van der Waals surface area contributed by atoms with Crippen LogP contribution in [0.5, 0.6) is 11.5 Å². The Morgan fingerprint density at radius 1 is 1.16 bits per heavy atom. The molecule has 0 bridgehead atoms. The van der Waals surface area contributed by atoms with Crippen LogP contribution >= 0.6 is 11.3 Å². The van der Waals surface area contributed by atoms with Gasteiger partial charge in [-0.25, -0.2) is 4.98 Å². The number of carbonyl (C=O) groups is 1. The van der Waals surface area contributed by atoms with Crippen molar-refractivity contribution in [3.8, 4) is 11.5 Å². The van der Waals surface area contributed by atoms with E-state index in [1.54, 1.807) is 13.0 Å². The quantitative estimate of drug-likeness (QED) is 0.398. The van der Waals surface area contributed by atoms with Crippen molar-refractivity contribution in [3.63, 3.8) is 0 Å². The molecule has 0 saturated heterocycles. The first-order valence-electron chi connectivity index (χ1n) is 9.60. The minimum atomic E-state index is -0.470. The number of thiazole rings is 1. The largest absolute Gasteiger partial charge is 0.493 e. The van der Waals surface area contributed by atoms with Crippen LogP contribution < -0.4 is 14.8 Å². The molecule has 0 unspecified atom stereocenters. The number of hydrogen-bond donors (Lipinski definition) is 1. The number of hydrogen-bond acceptors (Lipinski definition) is 7. The van der Waals surface area contributed by atoms with Crippen molar-refractivity contribution in [1.29, 1.82) is 0 Å². The van der Waals surface area contributed by atoms with Crippen LogP contribution in [0, 0.1) is 17.0 Å². The normalized spacial score (nSPS) is 10.5. The van der Waals surface area contributed by atoms with Gasteiger partial charge in [-0.2, -0.15) is 0 Å². The second-order valence-corrected chi connectivity index (χ2v) is 7.87. The Morgan fingerprint density at radius 3 is 2.48 bits per heavy atom. The number of amides is 1. The molecule has 1 N–H and O–H groups in total. The highest BCUT2D eigenvalue weighted by Gasteiger charge is 2.20. The second kappa shape index (κ2) is 10.0. The molecule has 0 atom stereocenters. The summed E-state index contributed by atoms with van der Waals surface area (Å²) in [6.45, 7) is 2.04. The number of nitrogens with one attached hydrogen (secondary N) is 1. The van der Waals surface area contributed by atoms with E-state index >= 15 is 0 Å². The summed E-state index contributed by atoms with van der Waals surface area (Å²) in [5, 5.41) is 15.1. The molecule has 0 radical (unpaired) electrons. The molecular formula is C22H23N3O5S. The SMILES string of the molecule is COc1cc(CCNC(=O)c2sc(Cc3ccccc3)nc2C)c([N+](=O)[O-])cc1OC. The number of carbonyl (C=O) groups excluding carboxylic acids is 1. The molecule has 8 nitrogen and oxygen atoms in total. The van der Waals surface area contributed by atoms with Crippen molar-refractivity contribution in [2.45, 2.75) is 19.8 Å². The summed E-state index contributed by atoms with van der Waals surface area (Å²) in [4.78, 5) is 28.7. The van der Waals surface area contributed by atoms with Crippen LogP contribution in [-0.4, -0.2) is 36.6 Å². The molecule has 0 spiro atoms. The van der Waals surface area contributed by atoms with Gasteiger partial charge in [0.05, 0.1) is 35.9 Å². The molecular weight excluding hydrogens is 418 g/mol. The summed E-state index contributed by atoms with van der Waals surface area (Å²) < 4.78 is 10.4. The maximum atomic E-state index is 12.6. The van der Waals surface area contributed by atoms with Gasteiger partial charge in [-0.1, -0.05) is 30.3 Å². The van der Waals surface area contributed by atoms with Gasteiger partial charge in [0.25, 0.3) is 11.6 Å². The molecule has 0 aliphatic heterocycles. The number of ether oxygens (including phenoxy) is 2. The first-order chi connectivity index (χ1) is 14.9. The van der Waals surface area contributed by atoms with Crippen LogP contribution in [0.2, 0.25) is 0 Å². The molecule has 0 aliphatic rings. The highest BCUT2D eigenvalue weighted by molar-refractivity contribution is 7.13. The zero-order chi connectivity index (χ0) is 22.4. The van der Waals surface area contributed by atoms with E-state index in [2.05, 4.69) is 10.3 Å². The lowest BCUT2D eigenvalue weighted by Crippen LogP contribution is -2.25. The molecule has 1 heterocycles. The minimum Gasteiger partial charge on any atom is -0.493 e. The van der Waals surface area contributed by atoms with E-state index in [1.165, 1.54) is 31.6 Å². The molecule has 0 fully saturated rings. The third kappa shape index (κ3) is 5.37. The maximum Gasteiger partial charge on any atom is 0.276 e. The summed E-state index contributed by atoms with van der Waals surface area (Å²) in [5.74, 6) is 0.448. The zero-order valence-electron chi connectivity index (χ0n) is 17.5. The van der Waals surface area contributed by atoms with Gasteiger partial charge in [0.1, 0.15) is 4.88 Å². The Morgan fingerprint density at radius 2 is 1.84 bits per heavy atom. The van der Waals surface area contributed by atoms with Crippen LogP contribution in [0.15, 0.2) is 42.5 Å². The van der Waals surface area contributed by atoms with Crippen molar-refractivity contribution >= 4 is 22.9 Å². The number of nitro groups is 1. The van der Waals surface area contributed by atoms with Crippen LogP contribution in [0.4, 0.5) is 5.69 Å². The van der Waals surface area contributed by atoms with Gasteiger partial charge in [-0.15, -0.1) is 11.3 Å². The lowest BCUT2D eigenvalue weighted by molar-refractivity contribution is -0.385. The molecule has 31 heavy (non-hydrogen) atoms. The highest BCUT2D eigenvalue weighted by Crippen LogP contribution is 2.34. The van der Waals surface area contributed by atoms with Crippen LogP contribution in [0.25, 0.3) is 0 Å². The fraction of sp³-hybridized carbons (Fsp3) is 0.273. The van der Waals surface area contributed by atoms with Gasteiger partial charge >= 0.3 is 0 Å². The van der Waals surface area contributed by atoms with Crippen LogP contribution in [0.3, 0.4) is 0 Å². The van der Waals surface area contributed by atoms with Crippen molar-refractivity contribution in [2.24, 2.45) is 0 Å². The third-order valence-electron chi connectivity index (χ3n) is 4.71. The van der Waals surface area contributed by atoms with Gasteiger partial charge in [0.15, 0.2) is 11.5 Å². The molecule has 9 heteroatoms. The number of aromatic nitrogens is 1. The molecule has 1 aromatic heterocycles. The smallest absolute Gasteiger partial charge is 0.276 e. The fourth-order valence-corrected chi connectivity index (χ4v) is 4.20. The summed E-state index contributed by atoms with van der Waals surface area (Å²) >= 11 is 1.36. The topological polar surface area (TPSA) is 104 Å². The number of nitro benzene ring substituents is 1. The predicted octanol–water partition coefficient (Wildman–Crippen LogP) is 3.94. The van der Waals surface area contributed by atoms with E-state index in [4.69, 9.17) is 9.47 Å². The van der Waals surface area contributed by atoms with E-state index in [1.807, 2.05) is 30.3 Å². The van der Waals surface area contributed by atoms with E-state index in [-0.39, 0.29) is 30.3 Å². The Hall–Kier alpha value is -3.46. The number of benzene rings is 2. The molecule has 3 aromatic rings. The Bertz CT molecular complexity index is 1080. The van der Waals surface area contributed by atoms with Gasteiger partial charge in [0, 0.05) is 18.5 Å². The molecule has 3 rings (SSSR count). The first-order valence-corrected chi connectivity index (χ1v) is 10.4. The van der Waals surface area contributed by atoms with Crippen molar-refractivity contribution < 1.29 is 19.2 Å². The van der Waals surface area contributed by atoms with Gasteiger partial charge in [-0.3, -0.25) is 14.9 Å². The number of nitrogens with zero attached hydrogens (tertiary/aromatic N) is 2. The summed E-state index contributed by atoms with van der Waals surface area (Å²) in [7, 11) is 2.89. The highest BCUT2D eigenvalue weighted by atomic mass is 32.1. The molecule has 0 saturated carbocycles. The summed E-state index contributed by atoms with van der Waals surface area (Å²) in [6, 6.07) is 12.8. The van der Waals surface area contributed by atoms with Crippen molar-refractivity contribution in [3.05, 3.63) is 79.3 Å². The van der Waals surface area contributed by atoms with Crippen molar-refractivity contribution in [2.75, 3.05) is 20.8 Å². The third-order valence-corrected chi connectivity index (χ3v) is 5.86. The van der Waals surface area contributed by atoms with Crippen LogP contribution in [0.1, 0.15) is 31.5 Å². The molecule has 162 valence electrons. The Balaban J connectivity index is 1.67. The molecule has 0 aliphatic carbocycles. The Kier molecular flexibility index (Phi) is 7.19. The predicted molar refractivity (Wildman–Crippen MR) is 118 cm³/mol. The Labute approximate surface area is 184 Å². The van der Waals surface area contributed by atoms with Gasteiger partial charge in [-0.05, 0) is 25.0 Å². The van der Waals surface area contributed by atoms with E-state index in [9.17, 15) is 14.9 Å². The summed E-state index contributed by atoms with van der Waals surface area (Å²) in [5.41, 5.74) is 2.18. The van der Waals surface area contributed by atoms with Crippen LogP contribution in [-0.2, 0) is 12.8 Å². The van der Waals surface area contributed by atoms with E-state index < -0.39 is 4.92 Å². The monoisotopic (exact) mass is 441 g/mol. The van der Waals surface area contributed by atoms with Crippen molar-refractivity contribution in [1.82, 2.24) is 10.3 Å².